The Bertz CT molecular complexity index is 199. The van der Waals surface area contributed by atoms with Gasteiger partial charge in [0.05, 0.1) is 6.10 Å². The molecule has 0 aromatic rings. The molecule has 2 fully saturated rings. The minimum atomic E-state index is -0.0382. The number of nitrogens with one attached hydrogen (secondary N) is 1. The van der Waals surface area contributed by atoms with Crippen LogP contribution in [0.3, 0.4) is 0 Å². The van der Waals surface area contributed by atoms with E-state index in [1.165, 1.54) is 44.9 Å². The van der Waals surface area contributed by atoms with Crippen molar-refractivity contribution in [3.05, 3.63) is 0 Å². The van der Waals surface area contributed by atoms with E-state index in [1.54, 1.807) is 0 Å². The summed E-state index contributed by atoms with van der Waals surface area (Å²) in [5, 5.41) is 13.6. The van der Waals surface area contributed by atoms with Crippen LogP contribution >= 0.6 is 0 Å². The molecule has 0 radical (unpaired) electrons. The average Bonchev–Trinajstić information content (AvgIpc) is 2.30. The summed E-state index contributed by atoms with van der Waals surface area (Å²) in [6, 6.07) is 0.727. The van der Waals surface area contributed by atoms with Crippen LogP contribution in [0.1, 0.15) is 58.3 Å². The predicted octanol–water partition coefficient (Wildman–Crippen LogP) is 2.71. The van der Waals surface area contributed by atoms with Gasteiger partial charge in [0.25, 0.3) is 0 Å². The summed E-state index contributed by atoms with van der Waals surface area (Å²) in [5.74, 6) is 1.45. The van der Waals surface area contributed by atoms with Gasteiger partial charge in [0.1, 0.15) is 0 Å². The van der Waals surface area contributed by atoms with Gasteiger partial charge >= 0.3 is 0 Å². The Morgan fingerprint density at radius 3 is 2.38 bits per heavy atom. The SMILES string of the molecule is CC1CCC(NCC2CCCCC2O)CC1. The molecule has 0 spiro atoms. The smallest absolute Gasteiger partial charge is 0.0580 e. The second-order valence-corrected chi connectivity index (χ2v) is 5.98. The zero-order valence-electron chi connectivity index (χ0n) is 10.6. The topological polar surface area (TPSA) is 32.3 Å². The maximum Gasteiger partial charge on any atom is 0.0580 e. The zero-order valence-corrected chi connectivity index (χ0v) is 10.6. The van der Waals surface area contributed by atoms with Crippen molar-refractivity contribution in [2.75, 3.05) is 6.54 Å². The summed E-state index contributed by atoms with van der Waals surface area (Å²) in [4.78, 5) is 0. The standard InChI is InChI=1S/C14H27NO/c1-11-6-8-13(9-7-11)15-10-12-4-2-3-5-14(12)16/h11-16H,2-10H2,1H3. The molecule has 2 aliphatic carbocycles. The van der Waals surface area contributed by atoms with Gasteiger partial charge < -0.3 is 10.4 Å². The third kappa shape index (κ3) is 3.46. The van der Waals surface area contributed by atoms with Crippen LogP contribution in [0.2, 0.25) is 0 Å². The van der Waals surface area contributed by atoms with Crippen molar-refractivity contribution >= 4 is 0 Å². The molecule has 0 amide bonds. The first-order valence-corrected chi connectivity index (χ1v) is 7.17. The molecule has 16 heavy (non-hydrogen) atoms. The van der Waals surface area contributed by atoms with Gasteiger partial charge in [-0.15, -0.1) is 0 Å². The summed E-state index contributed by atoms with van der Waals surface area (Å²) in [6.07, 6.45) is 10.2. The molecule has 2 N–H and O–H groups in total. The lowest BCUT2D eigenvalue weighted by Gasteiger charge is -2.32. The van der Waals surface area contributed by atoms with Crippen LogP contribution < -0.4 is 5.32 Å². The maximum atomic E-state index is 9.90. The molecule has 2 heteroatoms. The third-order valence-corrected chi connectivity index (χ3v) is 4.55. The lowest BCUT2D eigenvalue weighted by atomic mass is 9.84. The summed E-state index contributed by atoms with van der Waals surface area (Å²) >= 11 is 0. The predicted molar refractivity (Wildman–Crippen MR) is 67.4 cm³/mol. The van der Waals surface area contributed by atoms with Crippen LogP contribution in [0, 0.1) is 11.8 Å². The lowest BCUT2D eigenvalue weighted by Crippen LogP contribution is -2.40. The summed E-state index contributed by atoms with van der Waals surface area (Å²) < 4.78 is 0. The molecule has 0 heterocycles. The van der Waals surface area contributed by atoms with Gasteiger partial charge in [-0.1, -0.05) is 19.8 Å². The highest BCUT2D eigenvalue weighted by Gasteiger charge is 2.24. The third-order valence-electron chi connectivity index (χ3n) is 4.55. The quantitative estimate of drug-likeness (QED) is 0.774. The second-order valence-electron chi connectivity index (χ2n) is 5.98. The van der Waals surface area contributed by atoms with Crippen LogP contribution in [0.4, 0.5) is 0 Å². The van der Waals surface area contributed by atoms with Crippen molar-refractivity contribution in [2.24, 2.45) is 11.8 Å². The highest BCUT2D eigenvalue weighted by Crippen LogP contribution is 2.26. The highest BCUT2D eigenvalue weighted by atomic mass is 16.3. The number of aliphatic hydroxyl groups is 1. The van der Waals surface area contributed by atoms with E-state index in [0.717, 1.165) is 24.9 Å². The molecular formula is C14H27NO. The van der Waals surface area contributed by atoms with Gasteiger partial charge in [0.2, 0.25) is 0 Å². The fourth-order valence-electron chi connectivity index (χ4n) is 3.21. The van der Waals surface area contributed by atoms with Crippen LogP contribution in [0.5, 0.6) is 0 Å². The molecule has 0 bridgehead atoms. The molecule has 2 atom stereocenters. The molecule has 0 saturated heterocycles. The Kier molecular flexibility index (Phi) is 4.66. The highest BCUT2D eigenvalue weighted by molar-refractivity contribution is 4.80. The fourth-order valence-corrected chi connectivity index (χ4v) is 3.21. The van der Waals surface area contributed by atoms with E-state index < -0.39 is 0 Å². The van der Waals surface area contributed by atoms with Crippen LogP contribution in [-0.4, -0.2) is 23.8 Å². The molecular weight excluding hydrogens is 198 g/mol. The molecule has 2 nitrogen and oxygen atoms in total. The molecule has 0 aromatic heterocycles. The monoisotopic (exact) mass is 225 g/mol. The Balaban J connectivity index is 1.66. The number of hydrogen-bond acceptors (Lipinski definition) is 2. The Morgan fingerprint density at radius 1 is 1.00 bits per heavy atom. The van der Waals surface area contributed by atoms with E-state index in [0.29, 0.717) is 5.92 Å². The minimum Gasteiger partial charge on any atom is -0.393 e. The Morgan fingerprint density at radius 2 is 1.69 bits per heavy atom. The summed E-state index contributed by atoms with van der Waals surface area (Å²) in [5.41, 5.74) is 0. The molecule has 2 saturated carbocycles. The fraction of sp³-hybridized carbons (Fsp3) is 1.00. The molecule has 2 unspecified atom stereocenters. The van der Waals surface area contributed by atoms with Crippen molar-refractivity contribution in [3.63, 3.8) is 0 Å². The van der Waals surface area contributed by atoms with E-state index in [-0.39, 0.29) is 6.10 Å². The average molecular weight is 225 g/mol. The van der Waals surface area contributed by atoms with E-state index in [4.69, 9.17) is 0 Å². The Labute approximate surface area is 99.8 Å². The minimum absolute atomic E-state index is 0.0382. The normalized spacial score (nSPS) is 40.9. The van der Waals surface area contributed by atoms with Gasteiger partial charge in [-0.25, -0.2) is 0 Å². The number of aliphatic hydroxyl groups excluding tert-OH is 1. The van der Waals surface area contributed by atoms with Crippen LogP contribution in [-0.2, 0) is 0 Å². The van der Waals surface area contributed by atoms with E-state index in [1.807, 2.05) is 0 Å². The van der Waals surface area contributed by atoms with E-state index >= 15 is 0 Å². The van der Waals surface area contributed by atoms with Gasteiger partial charge in [-0.2, -0.15) is 0 Å². The summed E-state index contributed by atoms with van der Waals surface area (Å²) in [6.45, 7) is 3.40. The number of rotatable bonds is 3. The first-order chi connectivity index (χ1) is 7.75. The second kappa shape index (κ2) is 6.02. The van der Waals surface area contributed by atoms with E-state index in [2.05, 4.69) is 12.2 Å². The van der Waals surface area contributed by atoms with Crippen LogP contribution in [0.15, 0.2) is 0 Å². The molecule has 0 aromatic carbocycles. The van der Waals surface area contributed by atoms with Gasteiger partial charge in [0.15, 0.2) is 0 Å². The van der Waals surface area contributed by atoms with Gasteiger partial charge in [-0.3, -0.25) is 0 Å². The van der Waals surface area contributed by atoms with Crippen molar-refractivity contribution in [1.29, 1.82) is 0 Å². The van der Waals surface area contributed by atoms with Crippen LogP contribution in [0.25, 0.3) is 0 Å². The molecule has 0 aliphatic heterocycles. The van der Waals surface area contributed by atoms with Gasteiger partial charge in [-0.05, 0) is 50.4 Å². The first-order valence-electron chi connectivity index (χ1n) is 7.17. The van der Waals surface area contributed by atoms with Gasteiger partial charge in [0, 0.05) is 12.6 Å². The zero-order chi connectivity index (χ0) is 11.4. The molecule has 2 rings (SSSR count). The van der Waals surface area contributed by atoms with Crippen molar-refractivity contribution in [3.8, 4) is 0 Å². The summed E-state index contributed by atoms with van der Waals surface area (Å²) in [7, 11) is 0. The van der Waals surface area contributed by atoms with Crippen molar-refractivity contribution in [2.45, 2.75) is 70.4 Å². The number of hydrogen-bond donors (Lipinski definition) is 2. The van der Waals surface area contributed by atoms with E-state index in [9.17, 15) is 5.11 Å². The molecule has 2 aliphatic rings. The lowest BCUT2D eigenvalue weighted by molar-refractivity contribution is 0.0669. The Hall–Kier alpha value is -0.0800. The first kappa shape index (κ1) is 12.4. The van der Waals surface area contributed by atoms with Crippen molar-refractivity contribution < 1.29 is 5.11 Å². The molecule has 94 valence electrons. The largest absolute Gasteiger partial charge is 0.393 e. The maximum absolute atomic E-state index is 9.90. The van der Waals surface area contributed by atoms with Crippen molar-refractivity contribution in [1.82, 2.24) is 5.32 Å².